The number of hydrazine groups is 1. The van der Waals surface area contributed by atoms with Crippen molar-refractivity contribution in [2.24, 2.45) is 5.84 Å². The van der Waals surface area contributed by atoms with Crippen molar-refractivity contribution in [1.82, 2.24) is 15.6 Å². The lowest BCUT2D eigenvalue weighted by Crippen LogP contribution is -2.45. The van der Waals surface area contributed by atoms with E-state index in [1.165, 1.54) is 11.3 Å². The van der Waals surface area contributed by atoms with Crippen molar-refractivity contribution in [3.05, 3.63) is 53.5 Å². The predicted octanol–water partition coefficient (Wildman–Crippen LogP) is 0.677. The Bertz CT molecular complexity index is 532. The van der Waals surface area contributed by atoms with E-state index in [4.69, 9.17) is 11.6 Å². The first-order valence-corrected chi connectivity index (χ1v) is 6.98. The van der Waals surface area contributed by atoms with E-state index < -0.39 is 0 Å². The molecule has 0 radical (unpaired) electrons. The standard InChI is InChI=1S/C15H21N5/c16-12-3-1-11(2-4-12)9-13-10-18-14-5-7-20(17)8-6-15(14)19-13/h1-5,7,13,18-19H,6,8-10,16-17H2. The number of nitrogen functional groups attached to an aromatic ring is 1. The van der Waals surface area contributed by atoms with Gasteiger partial charge in [0.1, 0.15) is 0 Å². The first kappa shape index (κ1) is 12.9. The van der Waals surface area contributed by atoms with E-state index in [-0.39, 0.29) is 0 Å². The summed E-state index contributed by atoms with van der Waals surface area (Å²) in [5.74, 6) is 5.81. The quantitative estimate of drug-likeness (QED) is 0.470. The van der Waals surface area contributed by atoms with Crippen LogP contribution in [0.2, 0.25) is 0 Å². The summed E-state index contributed by atoms with van der Waals surface area (Å²) in [5.41, 5.74) is 10.2. The summed E-state index contributed by atoms with van der Waals surface area (Å²) < 4.78 is 0. The molecule has 1 unspecified atom stereocenters. The molecule has 0 aliphatic carbocycles. The van der Waals surface area contributed by atoms with Gasteiger partial charge in [0.25, 0.3) is 0 Å². The van der Waals surface area contributed by atoms with Gasteiger partial charge < -0.3 is 21.4 Å². The highest BCUT2D eigenvalue weighted by atomic mass is 15.4. The molecule has 1 aromatic rings. The third-order valence-corrected chi connectivity index (χ3v) is 3.76. The van der Waals surface area contributed by atoms with Crippen LogP contribution in [0.4, 0.5) is 5.69 Å². The van der Waals surface area contributed by atoms with Crippen molar-refractivity contribution in [3.8, 4) is 0 Å². The Morgan fingerprint density at radius 3 is 2.85 bits per heavy atom. The molecule has 2 aliphatic rings. The monoisotopic (exact) mass is 271 g/mol. The normalized spacial score (nSPS) is 21.9. The van der Waals surface area contributed by atoms with Gasteiger partial charge in [0.05, 0.1) is 5.70 Å². The van der Waals surface area contributed by atoms with Crippen LogP contribution in [0.5, 0.6) is 0 Å². The number of hydrogen-bond donors (Lipinski definition) is 4. The third kappa shape index (κ3) is 2.88. The van der Waals surface area contributed by atoms with Crippen molar-refractivity contribution in [3.63, 3.8) is 0 Å². The van der Waals surface area contributed by atoms with E-state index in [9.17, 15) is 0 Å². The summed E-state index contributed by atoms with van der Waals surface area (Å²) in [4.78, 5) is 0. The minimum atomic E-state index is 0.398. The van der Waals surface area contributed by atoms with Crippen LogP contribution in [-0.4, -0.2) is 24.1 Å². The van der Waals surface area contributed by atoms with E-state index in [0.717, 1.165) is 37.3 Å². The Hall–Kier alpha value is -2.14. The van der Waals surface area contributed by atoms with E-state index in [2.05, 4.69) is 22.8 Å². The fourth-order valence-corrected chi connectivity index (χ4v) is 2.63. The van der Waals surface area contributed by atoms with Crippen molar-refractivity contribution < 1.29 is 0 Å². The number of nitrogens with two attached hydrogens (primary N) is 2. The van der Waals surface area contributed by atoms with Gasteiger partial charge in [-0.05, 0) is 30.2 Å². The summed E-state index contributed by atoms with van der Waals surface area (Å²) in [6, 6.07) is 8.49. The van der Waals surface area contributed by atoms with Crippen LogP contribution in [0, 0.1) is 0 Å². The van der Waals surface area contributed by atoms with E-state index in [1.807, 2.05) is 24.4 Å². The number of allylic oxidation sites excluding steroid dienone is 1. The molecular weight excluding hydrogens is 250 g/mol. The van der Waals surface area contributed by atoms with Gasteiger partial charge in [-0.25, -0.2) is 5.84 Å². The number of rotatable bonds is 2. The molecule has 5 nitrogen and oxygen atoms in total. The van der Waals surface area contributed by atoms with Gasteiger partial charge >= 0.3 is 0 Å². The van der Waals surface area contributed by atoms with Crippen LogP contribution < -0.4 is 22.2 Å². The average molecular weight is 271 g/mol. The molecule has 0 saturated heterocycles. The molecule has 6 N–H and O–H groups in total. The summed E-state index contributed by atoms with van der Waals surface area (Å²) >= 11 is 0. The SMILES string of the molecule is Nc1ccc(CC2CNC3=C(CCN(N)C=C3)N2)cc1. The second-order valence-corrected chi connectivity index (χ2v) is 5.36. The fraction of sp³-hybridized carbons (Fsp3) is 0.333. The number of anilines is 1. The summed E-state index contributed by atoms with van der Waals surface area (Å²) in [7, 11) is 0. The Balaban J connectivity index is 1.66. The highest BCUT2D eigenvalue weighted by molar-refractivity contribution is 5.39. The maximum atomic E-state index is 5.81. The zero-order valence-electron chi connectivity index (χ0n) is 11.5. The molecule has 106 valence electrons. The molecule has 0 amide bonds. The van der Waals surface area contributed by atoms with E-state index >= 15 is 0 Å². The van der Waals surface area contributed by atoms with Crippen LogP contribution in [0.3, 0.4) is 0 Å². The molecule has 2 aliphatic heterocycles. The van der Waals surface area contributed by atoms with Gasteiger partial charge in [0.2, 0.25) is 0 Å². The summed E-state index contributed by atoms with van der Waals surface area (Å²) in [6.45, 7) is 1.75. The first-order chi connectivity index (χ1) is 9.70. The van der Waals surface area contributed by atoms with Gasteiger partial charge in [-0.1, -0.05) is 12.1 Å². The Morgan fingerprint density at radius 1 is 1.25 bits per heavy atom. The second kappa shape index (κ2) is 5.46. The molecule has 5 heteroatoms. The molecule has 0 bridgehead atoms. The van der Waals surface area contributed by atoms with Gasteiger partial charge in [-0.3, -0.25) is 0 Å². The number of hydrogen-bond acceptors (Lipinski definition) is 5. The van der Waals surface area contributed by atoms with Crippen molar-refractivity contribution >= 4 is 5.69 Å². The molecular formula is C15H21N5. The highest BCUT2D eigenvalue weighted by Crippen LogP contribution is 2.17. The van der Waals surface area contributed by atoms with Crippen LogP contribution in [-0.2, 0) is 6.42 Å². The topological polar surface area (TPSA) is 79.3 Å². The van der Waals surface area contributed by atoms with Crippen molar-refractivity contribution in [1.29, 1.82) is 0 Å². The molecule has 0 aromatic heterocycles. The van der Waals surface area contributed by atoms with Gasteiger partial charge in [-0.15, -0.1) is 0 Å². The zero-order valence-corrected chi connectivity index (χ0v) is 11.5. The maximum absolute atomic E-state index is 5.81. The molecule has 2 heterocycles. The third-order valence-electron chi connectivity index (χ3n) is 3.76. The lowest BCUT2D eigenvalue weighted by molar-refractivity contribution is 0.391. The minimum Gasteiger partial charge on any atom is -0.399 e. The van der Waals surface area contributed by atoms with E-state index in [0.29, 0.717) is 6.04 Å². The fourth-order valence-electron chi connectivity index (χ4n) is 2.63. The van der Waals surface area contributed by atoms with Crippen molar-refractivity contribution in [2.45, 2.75) is 18.9 Å². The largest absolute Gasteiger partial charge is 0.399 e. The van der Waals surface area contributed by atoms with E-state index in [1.54, 1.807) is 5.01 Å². The predicted molar refractivity (Wildman–Crippen MR) is 81.2 cm³/mol. The molecule has 20 heavy (non-hydrogen) atoms. The average Bonchev–Trinajstić information content (AvgIpc) is 2.64. The summed E-state index contributed by atoms with van der Waals surface area (Å²) in [6.07, 6.45) is 5.87. The van der Waals surface area contributed by atoms with Gasteiger partial charge in [0, 0.05) is 43.1 Å². The maximum Gasteiger partial charge on any atom is 0.0549 e. The first-order valence-electron chi connectivity index (χ1n) is 6.98. The van der Waals surface area contributed by atoms with Crippen LogP contribution >= 0.6 is 0 Å². The number of nitrogens with zero attached hydrogens (tertiary/aromatic N) is 1. The Kier molecular flexibility index (Phi) is 3.52. The summed E-state index contributed by atoms with van der Waals surface area (Å²) in [5, 5.41) is 8.84. The molecule has 1 atom stereocenters. The minimum absolute atomic E-state index is 0.398. The lowest BCUT2D eigenvalue weighted by Gasteiger charge is -2.29. The second-order valence-electron chi connectivity index (χ2n) is 5.36. The molecule has 0 spiro atoms. The highest BCUT2D eigenvalue weighted by Gasteiger charge is 2.20. The number of nitrogens with one attached hydrogen (secondary N) is 2. The Morgan fingerprint density at radius 2 is 2.05 bits per heavy atom. The van der Waals surface area contributed by atoms with Crippen LogP contribution in [0.25, 0.3) is 0 Å². The van der Waals surface area contributed by atoms with Gasteiger partial charge in [0.15, 0.2) is 0 Å². The molecule has 3 rings (SSSR count). The van der Waals surface area contributed by atoms with Gasteiger partial charge in [-0.2, -0.15) is 0 Å². The number of benzene rings is 1. The lowest BCUT2D eigenvalue weighted by atomic mass is 10.0. The van der Waals surface area contributed by atoms with Crippen LogP contribution in [0.15, 0.2) is 47.9 Å². The smallest absolute Gasteiger partial charge is 0.0549 e. The molecule has 0 saturated carbocycles. The molecule has 1 aromatic carbocycles. The van der Waals surface area contributed by atoms with Crippen LogP contribution in [0.1, 0.15) is 12.0 Å². The van der Waals surface area contributed by atoms with Crippen molar-refractivity contribution in [2.75, 3.05) is 18.8 Å². The Labute approximate surface area is 119 Å². The molecule has 0 fully saturated rings. The zero-order chi connectivity index (χ0) is 13.9.